The summed E-state index contributed by atoms with van der Waals surface area (Å²) in [6.07, 6.45) is 0.859. The van der Waals surface area contributed by atoms with Crippen molar-refractivity contribution in [3.63, 3.8) is 0 Å². The molecule has 0 N–H and O–H groups in total. The van der Waals surface area contributed by atoms with Crippen LogP contribution in [0.25, 0.3) is 10.6 Å². The van der Waals surface area contributed by atoms with Gasteiger partial charge < -0.3 is 0 Å². The van der Waals surface area contributed by atoms with Gasteiger partial charge in [0.15, 0.2) is 0 Å². The molecule has 2 rings (SSSR count). The average molecular weight is 269 g/mol. The highest BCUT2D eigenvalue weighted by Gasteiger charge is 2.04. The molecule has 2 nitrogen and oxygen atoms in total. The smallest absolute Gasteiger partial charge is 0.130 e. The van der Waals surface area contributed by atoms with Crippen molar-refractivity contribution >= 4 is 27.3 Å². The summed E-state index contributed by atoms with van der Waals surface area (Å²) in [7, 11) is 0. The van der Waals surface area contributed by atoms with E-state index in [1.54, 1.807) is 11.3 Å². The highest BCUT2D eigenvalue weighted by Crippen LogP contribution is 2.24. The lowest BCUT2D eigenvalue weighted by atomic mass is 10.3. The van der Waals surface area contributed by atoms with Gasteiger partial charge in [-0.15, -0.1) is 11.3 Å². The van der Waals surface area contributed by atoms with Crippen LogP contribution in [0.1, 0.15) is 12.7 Å². The lowest BCUT2D eigenvalue weighted by Gasteiger charge is -2.00. The van der Waals surface area contributed by atoms with E-state index < -0.39 is 0 Å². The first kappa shape index (κ1) is 9.80. The van der Waals surface area contributed by atoms with Gasteiger partial charge in [0.25, 0.3) is 0 Å². The lowest BCUT2D eigenvalue weighted by Crippen LogP contribution is -1.94. The monoisotopic (exact) mass is 268 g/mol. The van der Waals surface area contributed by atoms with Crippen molar-refractivity contribution in [3.8, 4) is 10.6 Å². The maximum atomic E-state index is 4.46. The number of halogens is 1. The summed E-state index contributed by atoms with van der Waals surface area (Å²) < 4.78 is 0.854. The number of aryl methyl sites for hydroxylation is 1. The fourth-order valence-corrected chi connectivity index (χ4v) is 2.28. The Morgan fingerprint density at radius 2 is 2.29 bits per heavy atom. The lowest BCUT2D eigenvalue weighted by molar-refractivity contribution is 0.933. The molecule has 0 amide bonds. The first-order chi connectivity index (χ1) is 6.79. The number of hydrogen-bond donors (Lipinski definition) is 0. The van der Waals surface area contributed by atoms with Crippen LogP contribution in [-0.2, 0) is 6.42 Å². The van der Waals surface area contributed by atoms with E-state index in [4.69, 9.17) is 0 Å². The van der Waals surface area contributed by atoms with Crippen molar-refractivity contribution in [1.29, 1.82) is 0 Å². The van der Waals surface area contributed by atoms with Crippen molar-refractivity contribution in [3.05, 3.63) is 34.0 Å². The largest absolute Gasteiger partial charge is 0.232 e. The summed E-state index contributed by atoms with van der Waals surface area (Å²) in [6, 6.07) is 6.05. The summed E-state index contributed by atoms with van der Waals surface area (Å²) in [5, 5.41) is 2.05. The second-order valence-electron chi connectivity index (χ2n) is 2.82. The van der Waals surface area contributed by atoms with E-state index in [0.29, 0.717) is 0 Å². The summed E-state index contributed by atoms with van der Waals surface area (Å²) in [6.45, 7) is 2.06. The van der Waals surface area contributed by atoms with Crippen LogP contribution in [0.5, 0.6) is 0 Å². The third kappa shape index (κ3) is 2.01. The van der Waals surface area contributed by atoms with Gasteiger partial charge in [0.05, 0.1) is 10.6 Å². The summed E-state index contributed by atoms with van der Waals surface area (Å²) >= 11 is 5.09. The summed E-state index contributed by atoms with van der Waals surface area (Å²) in [5.74, 6) is 0.878. The Morgan fingerprint density at radius 3 is 2.93 bits per heavy atom. The Bertz CT molecular complexity index is 426. The molecular formula is C10H9BrN2S. The summed E-state index contributed by atoms with van der Waals surface area (Å²) in [5.41, 5.74) is 0.999. The molecule has 0 fully saturated rings. The number of aromatic nitrogens is 2. The van der Waals surface area contributed by atoms with Crippen molar-refractivity contribution in [1.82, 2.24) is 9.97 Å². The van der Waals surface area contributed by atoms with E-state index in [9.17, 15) is 0 Å². The quantitative estimate of drug-likeness (QED) is 0.779. The minimum atomic E-state index is 0.854. The van der Waals surface area contributed by atoms with Crippen LogP contribution in [0, 0.1) is 0 Å². The molecule has 0 unspecified atom stereocenters. The molecule has 4 heteroatoms. The molecular weight excluding hydrogens is 260 g/mol. The normalized spacial score (nSPS) is 10.4. The van der Waals surface area contributed by atoms with Gasteiger partial charge in [-0.1, -0.05) is 13.0 Å². The van der Waals surface area contributed by atoms with Crippen molar-refractivity contribution in [2.75, 3.05) is 0 Å². The molecule has 0 saturated heterocycles. The Kier molecular flexibility index (Phi) is 2.93. The third-order valence-electron chi connectivity index (χ3n) is 1.83. The molecule has 72 valence electrons. The van der Waals surface area contributed by atoms with Gasteiger partial charge in [0.2, 0.25) is 0 Å². The maximum absolute atomic E-state index is 4.46. The van der Waals surface area contributed by atoms with Gasteiger partial charge in [0.1, 0.15) is 10.4 Å². The van der Waals surface area contributed by atoms with Crippen LogP contribution in [0.2, 0.25) is 0 Å². The van der Waals surface area contributed by atoms with Crippen LogP contribution in [-0.4, -0.2) is 9.97 Å². The molecule has 0 spiro atoms. The highest BCUT2D eigenvalue weighted by atomic mass is 79.9. The van der Waals surface area contributed by atoms with Gasteiger partial charge in [-0.25, -0.2) is 9.97 Å². The standard InChI is InChI=1S/C10H9BrN2S/c1-2-10-12-7(6-9(11)13-10)8-4-3-5-14-8/h3-6H,2H2,1H3. The second kappa shape index (κ2) is 4.19. The third-order valence-corrected chi connectivity index (χ3v) is 3.13. The van der Waals surface area contributed by atoms with Gasteiger partial charge in [-0.2, -0.15) is 0 Å². The van der Waals surface area contributed by atoms with Crippen LogP contribution in [0.4, 0.5) is 0 Å². The number of nitrogens with zero attached hydrogens (tertiary/aromatic N) is 2. The Labute approximate surface area is 95.2 Å². The SMILES string of the molecule is CCc1nc(Br)cc(-c2cccs2)n1. The fourth-order valence-electron chi connectivity index (χ4n) is 1.17. The van der Waals surface area contributed by atoms with Crippen LogP contribution < -0.4 is 0 Å². The van der Waals surface area contributed by atoms with Crippen LogP contribution >= 0.6 is 27.3 Å². The first-order valence-corrected chi connectivity index (χ1v) is 6.04. The van der Waals surface area contributed by atoms with E-state index in [-0.39, 0.29) is 0 Å². The Balaban J connectivity index is 2.48. The number of thiophene rings is 1. The van der Waals surface area contributed by atoms with E-state index >= 15 is 0 Å². The molecule has 0 atom stereocenters. The molecule has 0 saturated carbocycles. The zero-order chi connectivity index (χ0) is 9.97. The number of rotatable bonds is 2. The molecule has 2 aromatic rings. The molecule has 0 aliphatic carbocycles. The van der Waals surface area contributed by atoms with Crippen LogP contribution in [0.3, 0.4) is 0 Å². The molecule has 14 heavy (non-hydrogen) atoms. The van der Waals surface area contributed by atoms with E-state index in [1.165, 1.54) is 4.88 Å². The molecule has 0 aliphatic rings. The molecule has 2 heterocycles. The van der Waals surface area contributed by atoms with Crippen molar-refractivity contribution < 1.29 is 0 Å². The summed E-state index contributed by atoms with van der Waals surface area (Å²) in [4.78, 5) is 9.92. The second-order valence-corrected chi connectivity index (χ2v) is 4.58. The van der Waals surface area contributed by atoms with Crippen molar-refractivity contribution in [2.45, 2.75) is 13.3 Å². The minimum absolute atomic E-state index is 0.854. The fraction of sp³-hybridized carbons (Fsp3) is 0.200. The molecule has 0 radical (unpaired) electrons. The van der Waals surface area contributed by atoms with Crippen molar-refractivity contribution in [2.24, 2.45) is 0 Å². The van der Waals surface area contributed by atoms with Gasteiger partial charge in [0, 0.05) is 6.42 Å². The molecule has 0 aliphatic heterocycles. The van der Waals surface area contributed by atoms with Crippen LogP contribution in [0.15, 0.2) is 28.2 Å². The van der Waals surface area contributed by atoms with Gasteiger partial charge >= 0.3 is 0 Å². The predicted molar refractivity (Wildman–Crippen MR) is 62.4 cm³/mol. The minimum Gasteiger partial charge on any atom is -0.232 e. The highest BCUT2D eigenvalue weighted by molar-refractivity contribution is 9.10. The zero-order valence-electron chi connectivity index (χ0n) is 7.70. The molecule has 0 aromatic carbocycles. The zero-order valence-corrected chi connectivity index (χ0v) is 10.1. The van der Waals surface area contributed by atoms with E-state index in [2.05, 4.69) is 44.3 Å². The predicted octanol–water partition coefficient (Wildman–Crippen LogP) is 3.53. The number of hydrogen-bond acceptors (Lipinski definition) is 3. The maximum Gasteiger partial charge on any atom is 0.130 e. The van der Waals surface area contributed by atoms with Gasteiger partial charge in [-0.3, -0.25) is 0 Å². The first-order valence-electron chi connectivity index (χ1n) is 4.37. The van der Waals surface area contributed by atoms with Gasteiger partial charge in [-0.05, 0) is 33.4 Å². The van der Waals surface area contributed by atoms with E-state index in [0.717, 1.165) is 22.5 Å². The Hall–Kier alpha value is -0.740. The Morgan fingerprint density at radius 1 is 1.43 bits per heavy atom. The molecule has 2 aromatic heterocycles. The molecule has 0 bridgehead atoms. The van der Waals surface area contributed by atoms with E-state index in [1.807, 2.05) is 12.1 Å². The average Bonchev–Trinajstić information content (AvgIpc) is 2.69. The topological polar surface area (TPSA) is 25.8 Å².